The van der Waals surface area contributed by atoms with Gasteiger partial charge in [-0.1, -0.05) is 15.9 Å². The summed E-state index contributed by atoms with van der Waals surface area (Å²) in [5.41, 5.74) is 6.72. The highest BCUT2D eigenvalue weighted by Crippen LogP contribution is 2.39. The Morgan fingerprint density at radius 2 is 2.33 bits per heavy atom. The Morgan fingerprint density at radius 3 is 3.05 bits per heavy atom. The minimum absolute atomic E-state index is 0.0647. The number of benzene rings is 1. The fourth-order valence-corrected chi connectivity index (χ4v) is 4.79. The third-order valence-electron chi connectivity index (χ3n) is 3.94. The van der Waals surface area contributed by atoms with E-state index in [2.05, 4.69) is 15.9 Å². The third kappa shape index (κ3) is 3.55. The van der Waals surface area contributed by atoms with Gasteiger partial charge in [0.2, 0.25) is 0 Å². The van der Waals surface area contributed by atoms with Crippen molar-refractivity contribution in [3.63, 3.8) is 0 Å². The van der Waals surface area contributed by atoms with Crippen LogP contribution < -0.4 is 5.73 Å². The van der Waals surface area contributed by atoms with Crippen molar-refractivity contribution in [3.05, 3.63) is 28.2 Å². The first kappa shape index (κ1) is 15.2. The number of ether oxygens (including phenoxy) is 2. The van der Waals surface area contributed by atoms with E-state index in [0.717, 1.165) is 35.2 Å². The molecule has 0 amide bonds. The molecule has 0 saturated carbocycles. The van der Waals surface area contributed by atoms with Crippen molar-refractivity contribution in [3.8, 4) is 0 Å². The number of hydrogen-bond acceptors (Lipinski definition) is 5. The van der Waals surface area contributed by atoms with Crippen LogP contribution in [0.25, 0.3) is 0 Å². The lowest BCUT2D eigenvalue weighted by atomic mass is 9.91. The third-order valence-corrected chi connectivity index (χ3v) is 5.63. The van der Waals surface area contributed by atoms with E-state index >= 15 is 0 Å². The molecule has 2 aliphatic heterocycles. The largest absolute Gasteiger partial charge is 0.459 e. The molecular formula is C15H18BrNO3S. The molecule has 2 fully saturated rings. The van der Waals surface area contributed by atoms with E-state index in [0.29, 0.717) is 17.9 Å². The van der Waals surface area contributed by atoms with E-state index < -0.39 is 0 Å². The van der Waals surface area contributed by atoms with Crippen molar-refractivity contribution in [1.29, 1.82) is 0 Å². The maximum atomic E-state index is 12.3. The Bertz CT molecular complexity index is 525. The van der Waals surface area contributed by atoms with Gasteiger partial charge in [-0.2, -0.15) is 11.8 Å². The van der Waals surface area contributed by atoms with Gasteiger partial charge in [0, 0.05) is 28.8 Å². The quantitative estimate of drug-likeness (QED) is 0.638. The lowest BCUT2D eigenvalue weighted by molar-refractivity contribution is -0.106. The fraction of sp³-hybridized carbons (Fsp3) is 0.533. The molecule has 21 heavy (non-hydrogen) atoms. The topological polar surface area (TPSA) is 61.6 Å². The van der Waals surface area contributed by atoms with Crippen LogP contribution in [0.15, 0.2) is 22.7 Å². The van der Waals surface area contributed by atoms with Crippen LogP contribution in [0.1, 0.15) is 29.6 Å². The zero-order valence-electron chi connectivity index (χ0n) is 11.6. The van der Waals surface area contributed by atoms with Gasteiger partial charge in [0.1, 0.15) is 6.10 Å². The van der Waals surface area contributed by atoms with E-state index in [4.69, 9.17) is 15.2 Å². The summed E-state index contributed by atoms with van der Waals surface area (Å²) < 4.78 is 12.4. The van der Waals surface area contributed by atoms with Gasteiger partial charge in [-0.05, 0) is 30.4 Å². The molecule has 2 heterocycles. The Labute approximate surface area is 136 Å². The standard InChI is InChI=1S/C15H18BrNO3S/c16-11-5-10(6-12(17)7-11)14(18)20-13-1-3-19-15(8-13)2-4-21-9-15/h5-7,13H,1-4,8-9,17H2. The number of carbonyl (C=O) groups is 1. The summed E-state index contributed by atoms with van der Waals surface area (Å²) in [6, 6.07) is 5.14. The molecule has 3 rings (SSSR count). The van der Waals surface area contributed by atoms with Crippen LogP contribution in [0.3, 0.4) is 0 Å². The lowest BCUT2D eigenvalue weighted by Gasteiger charge is -2.37. The normalized spacial score (nSPS) is 28.7. The number of esters is 1. The van der Waals surface area contributed by atoms with Crippen LogP contribution in [-0.2, 0) is 9.47 Å². The summed E-state index contributed by atoms with van der Waals surface area (Å²) in [5, 5.41) is 0. The summed E-state index contributed by atoms with van der Waals surface area (Å²) in [6.07, 6.45) is 2.55. The molecule has 0 bridgehead atoms. The number of halogens is 1. The van der Waals surface area contributed by atoms with Crippen molar-refractivity contribution < 1.29 is 14.3 Å². The van der Waals surface area contributed by atoms with Crippen molar-refractivity contribution in [2.24, 2.45) is 0 Å². The van der Waals surface area contributed by atoms with E-state index in [-0.39, 0.29) is 17.7 Å². The minimum Gasteiger partial charge on any atom is -0.459 e. The molecule has 1 aromatic rings. The smallest absolute Gasteiger partial charge is 0.338 e. The molecule has 0 radical (unpaired) electrons. The molecule has 2 saturated heterocycles. The number of rotatable bonds is 2. The van der Waals surface area contributed by atoms with E-state index in [1.807, 2.05) is 11.8 Å². The van der Waals surface area contributed by atoms with Crippen molar-refractivity contribution >= 4 is 39.3 Å². The Morgan fingerprint density at radius 1 is 1.48 bits per heavy atom. The van der Waals surface area contributed by atoms with Gasteiger partial charge in [-0.3, -0.25) is 0 Å². The molecule has 1 spiro atoms. The zero-order valence-corrected chi connectivity index (χ0v) is 14.0. The number of carbonyl (C=O) groups excluding carboxylic acids is 1. The Balaban J connectivity index is 1.66. The highest BCUT2D eigenvalue weighted by molar-refractivity contribution is 9.10. The summed E-state index contributed by atoms with van der Waals surface area (Å²) in [4.78, 5) is 12.3. The van der Waals surface area contributed by atoms with Crippen LogP contribution in [-0.4, -0.2) is 35.8 Å². The Kier molecular flexibility index (Phi) is 4.47. The second-order valence-corrected chi connectivity index (χ2v) is 7.65. The van der Waals surface area contributed by atoms with Crippen molar-refractivity contribution in [2.75, 3.05) is 23.8 Å². The SMILES string of the molecule is Nc1cc(Br)cc(C(=O)OC2CCOC3(CCSC3)C2)c1. The maximum absolute atomic E-state index is 12.3. The average molecular weight is 372 g/mol. The average Bonchev–Trinajstić information content (AvgIpc) is 2.85. The summed E-state index contributed by atoms with van der Waals surface area (Å²) in [7, 11) is 0. The molecule has 4 nitrogen and oxygen atoms in total. The second kappa shape index (κ2) is 6.18. The Hall–Kier alpha value is -0.720. The molecule has 2 atom stereocenters. The molecule has 0 aromatic heterocycles. The first-order valence-electron chi connectivity index (χ1n) is 7.05. The molecule has 2 aliphatic rings. The van der Waals surface area contributed by atoms with E-state index in [9.17, 15) is 4.79 Å². The number of nitrogens with two attached hydrogens (primary N) is 1. The highest BCUT2D eigenvalue weighted by atomic mass is 79.9. The van der Waals surface area contributed by atoms with Crippen molar-refractivity contribution in [1.82, 2.24) is 0 Å². The summed E-state index contributed by atoms with van der Waals surface area (Å²) in [6.45, 7) is 0.666. The van der Waals surface area contributed by atoms with Crippen LogP contribution in [0.4, 0.5) is 5.69 Å². The summed E-state index contributed by atoms with van der Waals surface area (Å²) in [5.74, 6) is 1.82. The molecule has 0 aliphatic carbocycles. The first-order chi connectivity index (χ1) is 10.1. The van der Waals surface area contributed by atoms with Crippen molar-refractivity contribution in [2.45, 2.75) is 31.0 Å². The number of hydrogen-bond donors (Lipinski definition) is 1. The van der Waals surface area contributed by atoms with Gasteiger partial charge in [0.25, 0.3) is 0 Å². The van der Waals surface area contributed by atoms with E-state index in [1.165, 1.54) is 0 Å². The second-order valence-electron chi connectivity index (χ2n) is 5.63. The first-order valence-corrected chi connectivity index (χ1v) is 9.00. The number of anilines is 1. The fourth-order valence-electron chi connectivity index (χ4n) is 2.90. The number of thioether (sulfide) groups is 1. The predicted octanol–water partition coefficient (Wildman–Crippen LogP) is 3.24. The predicted molar refractivity (Wildman–Crippen MR) is 87.6 cm³/mol. The van der Waals surface area contributed by atoms with Gasteiger partial charge in [0.05, 0.1) is 17.8 Å². The van der Waals surface area contributed by atoms with E-state index in [1.54, 1.807) is 18.2 Å². The van der Waals surface area contributed by atoms with Crippen LogP contribution in [0.2, 0.25) is 0 Å². The minimum atomic E-state index is -0.310. The highest BCUT2D eigenvalue weighted by Gasteiger charge is 2.41. The van der Waals surface area contributed by atoms with Crippen LogP contribution >= 0.6 is 27.7 Å². The van der Waals surface area contributed by atoms with Crippen LogP contribution in [0, 0.1) is 0 Å². The van der Waals surface area contributed by atoms with Gasteiger partial charge >= 0.3 is 5.97 Å². The van der Waals surface area contributed by atoms with Crippen LogP contribution in [0.5, 0.6) is 0 Å². The molecule has 1 aromatic carbocycles. The lowest BCUT2D eigenvalue weighted by Crippen LogP contribution is -2.43. The van der Waals surface area contributed by atoms with Gasteiger partial charge in [-0.15, -0.1) is 0 Å². The molecule has 2 N–H and O–H groups in total. The van der Waals surface area contributed by atoms with Gasteiger partial charge < -0.3 is 15.2 Å². The molecule has 114 valence electrons. The van der Waals surface area contributed by atoms with Gasteiger partial charge in [0.15, 0.2) is 0 Å². The maximum Gasteiger partial charge on any atom is 0.338 e. The summed E-state index contributed by atoms with van der Waals surface area (Å²) >= 11 is 5.26. The monoisotopic (exact) mass is 371 g/mol. The molecule has 6 heteroatoms. The zero-order chi connectivity index (χ0) is 14.9. The van der Waals surface area contributed by atoms with Gasteiger partial charge in [-0.25, -0.2) is 4.79 Å². The number of nitrogen functional groups attached to an aromatic ring is 1. The molecular weight excluding hydrogens is 354 g/mol. The molecule has 2 unspecified atom stereocenters.